The Hall–Kier alpha value is -6.58. The van der Waals surface area contributed by atoms with E-state index < -0.39 is 0 Å². The third-order valence-electron chi connectivity index (χ3n) is 17.5. The van der Waals surface area contributed by atoms with Crippen molar-refractivity contribution in [3.8, 4) is 22.3 Å². The zero-order chi connectivity index (χ0) is 52.5. The number of nitrogens with zero attached hydrogens (tertiary/aromatic N) is 2. The van der Waals surface area contributed by atoms with Crippen LogP contribution in [0.2, 0.25) is 0 Å². The van der Waals surface area contributed by atoms with Crippen LogP contribution in [0.3, 0.4) is 0 Å². The van der Waals surface area contributed by atoms with E-state index in [2.05, 4.69) is 284 Å². The van der Waals surface area contributed by atoms with Crippen LogP contribution in [0.15, 0.2) is 170 Å². The molecule has 0 amide bonds. The highest BCUT2D eigenvalue weighted by atomic mass is 15.2. The van der Waals surface area contributed by atoms with Crippen LogP contribution in [0.5, 0.6) is 0 Å². The minimum absolute atomic E-state index is 0.000342. The van der Waals surface area contributed by atoms with Crippen molar-refractivity contribution < 1.29 is 0 Å². The summed E-state index contributed by atoms with van der Waals surface area (Å²) in [5.74, 6) is 0. The van der Waals surface area contributed by atoms with E-state index >= 15 is 0 Å². The predicted molar refractivity (Wildman–Crippen MR) is 321 cm³/mol. The van der Waals surface area contributed by atoms with Gasteiger partial charge in [0.1, 0.15) is 0 Å². The molecule has 8 aromatic rings. The summed E-state index contributed by atoms with van der Waals surface area (Å²) in [6.07, 6.45) is 2.30. The zero-order valence-corrected chi connectivity index (χ0v) is 47.1. The number of rotatable bonds is 6. The second kappa shape index (κ2) is 17.2. The molecule has 0 saturated carbocycles. The van der Waals surface area contributed by atoms with Crippen molar-refractivity contribution in [2.24, 2.45) is 0 Å². The monoisotopic (exact) mass is 969 g/mol. The van der Waals surface area contributed by atoms with E-state index in [1.54, 1.807) is 0 Å². The third-order valence-corrected chi connectivity index (χ3v) is 17.5. The van der Waals surface area contributed by atoms with Gasteiger partial charge in [-0.1, -0.05) is 225 Å². The first-order valence-electron chi connectivity index (χ1n) is 27.4. The summed E-state index contributed by atoms with van der Waals surface area (Å²) in [4.78, 5) is 5.38. The molecule has 8 aromatic carbocycles. The molecule has 2 aliphatic heterocycles. The van der Waals surface area contributed by atoms with E-state index in [4.69, 9.17) is 0 Å². The molecule has 0 bridgehead atoms. The largest absolute Gasteiger partial charge is 0.311 e. The maximum absolute atomic E-state index is 2.73. The van der Waals surface area contributed by atoms with Crippen LogP contribution in [0.1, 0.15) is 156 Å². The lowest BCUT2D eigenvalue weighted by Gasteiger charge is -2.48. The summed E-state index contributed by atoms with van der Waals surface area (Å²) in [6, 6.07) is 66.0. The first kappa shape index (κ1) is 49.6. The molecule has 2 nitrogen and oxygen atoms in total. The van der Waals surface area contributed by atoms with Crippen molar-refractivity contribution in [2.75, 3.05) is 9.80 Å². The van der Waals surface area contributed by atoms with Gasteiger partial charge in [-0.05, 0) is 160 Å². The van der Waals surface area contributed by atoms with Crippen molar-refractivity contribution in [2.45, 2.75) is 149 Å². The number of fused-ring (bicyclic) bond motifs is 5. The van der Waals surface area contributed by atoms with Crippen LogP contribution in [-0.2, 0) is 32.5 Å². The van der Waals surface area contributed by atoms with Crippen LogP contribution in [0.25, 0.3) is 22.3 Å². The van der Waals surface area contributed by atoms with Gasteiger partial charge in [-0.2, -0.15) is 0 Å². The minimum Gasteiger partial charge on any atom is -0.311 e. The highest BCUT2D eigenvalue weighted by molar-refractivity contribution is 7.00. The number of hydrogen-bond acceptors (Lipinski definition) is 2. The summed E-state index contributed by atoms with van der Waals surface area (Å²) < 4.78 is 0. The number of anilines is 6. The molecule has 0 unspecified atom stereocenters. The van der Waals surface area contributed by atoms with E-state index in [0.717, 1.165) is 12.8 Å². The van der Waals surface area contributed by atoms with Gasteiger partial charge in [0, 0.05) is 39.4 Å². The fourth-order valence-corrected chi connectivity index (χ4v) is 12.5. The fourth-order valence-electron chi connectivity index (χ4n) is 12.5. The lowest BCUT2D eigenvalue weighted by atomic mass is 9.33. The van der Waals surface area contributed by atoms with Gasteiger partial charge in [0.2, 0.25) is 0 Å². The van der Waals surface area contributed by atoms with Crippen molar-refractivity contribution in [1.82, 2.24) is 0 Å². The van der Waals surface area contributed by atoms with Crippen molar-refractivity contribution in [3.05, 3.63) is 209 Å². The second-order valence-corrected chi connectivity index (χ2v) is 27.0. The molecule has 0 atom stereocenters. The molecule has 2 heterocycles. The molecule has 3 aliphatic rings. The maximum Gasteiger partial charge on any atom is 0.252 e. The van der Waals surface area contributed by atoms with Gasteiger partial charge < -0.3 is 9.80 Å². The van der Waals surface area contributed by atoms with Gasteiger partial charge in [-0.25, -0.2) is 0 Å². The first-order chi connectivity index (χ1) is 34.8. The predicted octanol–water partition coefficient (Wildman–Crippen LogP) is 17.7. The highest BCUT2D eigenvalue weighted by Gasteiger charge is 2.48. The van der Waals surface area contributed by atoms with Gasteiger partial charge in [0.25, 0.3) is 6.71 Å². The Kier molecular flexibility index (Phi) is 11.6. The van der Waals surface area contributed by atoms with Crippen molar-refractivity contribution >= 4 is 57.2 Å². The number of benzene rings is 8. The SMILES string of the molecule is CC(C)(C)c1cccc(N2c3cc(C(C)(C)c4ccccc4)ccc3B3c4cc5c(cc4N(c4ccc(C(C)(C)C)cc4-c4ccccc4-c4ccccc4)c4cc(C(C)(C)C)cc2c43)C(C)(C)CCC5(C)C)c1. The molecule has 0 aromatic heterocycles. The standard InChI is InChI=1S/C71H77BN2/c1-66(2,3)48-29-24-30-52(39-48)73-61-41-50(71(14,15)47-27-20-17-21-28-47)33-35-58(61)72-59-44-56-57(70(12,13)38-37-69(56,10)11)45-62(59)74(64-43-51(68(7,8)9)42-63(73)65(64)72)60-36-34-49(67(4,5)6)40-55(60)54-32-23-22-31-53(54)46-25-18-16-19-26-46/h16-36,39-45H,37-38H2,1-15H3. The molecule has 374 valence electrons. The molecule has 0 radical (unpaired) electrons. The molecule has 3 heteroatoms. The lowest BCUT2D eigenvalue weighted by molar-refractivity contribution is 0.332. The molecule has 74 heavy (non-hydrogen) atoms. The number of hydrogen-bond donors (Lipinski definition) is 0. The molecule has 0 N–H and O–H groups in total. The molecule has 0 spiro atoms. The summed E-state index contributed by atoms with van der Waals surface area (Å²) >= 11 is 0. The van der Waals surface area contributed by atoms with Gasteiger partial charge in [0.05, 0.1) is 5.69 Å². The first-order valence-corrected chi connectivity index (χ1v) is 27.4. The van der Waals surface area contributed by atoms with Crippen LogP contribution >= 0.6 is 0 Å². The average Bonchev–Trinajstić information content (AvgIpc) is 3.40. The minimum atomic E-state index is -0.241. The van der Waals surface area contributed by atoms with Crippen LogP contribution in [-0.4, -0.2) is 6.71 Å². The topological polar surface area (TPSA) is 6.48 Å². The molecular weight excluding hydrogens is 892 g/mol. The Labute approximate surface area is 445 Å². The van der Waals surface area contributed by atoms with E-state index in [9.17, 15) is 0 Å². The van der Waals surface area contributed by atoms with Gasteiger partial charge in [-0.3, -0.25) is 0 Å². The molecule has 11 rings (SSSR count). The van der Waals surface area contributed by atoms with E-state index in [1.807, 2.05) is 0 Å². The molecular formula is C71H77BN2. The Bertz CT molecular complexity index is 3480. The molecule has 1 aliphatic carbocycles. The third kappa shape index (κ3) is 8.25. The quantitative estimate of drug-likeness (QED) is 0.153. The van der Waals surface area contributed by atoms with E-state index in [1.165, 1.54) is 112 Å². The van der Waals surface area contributed by atoms with Crippen LogP contribution in [0.4, 0.5) is 34.1 Å². The summed E-state index contributed by atoms with van der Waals surface area (Å²) in [7, 11) is 0. The molecule has 0 fully saturated rings. The Morgan fingerprint density at radius 2 is 0.878 bits per heavy atom. The lowest BCUT2D eigenvalue weighted by Crippen LogP contribution is -2.62. The van der Waals surface area contributed by atoms with E-state index in [0.29, 0.717) is 0 Å². The summed E-state index contributed by atoms with van der Waals surface area (Å²) in [6.45, 7) is 36.0. The maximum atomic E-state index is 2.73. The average molecular weight is 969 g/mol. The van der Waals surface area contributed by atoms with Crippen molar-refractivity contribution in [3.63, 3.8) is 0 Å². The van der Waals surface area contributed by atoms with Crippen LogP contribution in [0, 0.1) is 0 Å². The van der Waals surface area contributed by atoms with Gasteiger partial charge in [-0.15, -0.1) is 0 Å². The zero-order valence-electron chi connectivity index (χ0n) is 47.1. The van der Waals surface area contributed by atoms with Gasteiger partial charge >= 0.3 is 0 Å². The molecule has 0 saturated heterocycles. The Morgan fingerprint density at radius 3 is 1.51 bits per heavy atom. The van der Waals surface area contributed by atoms with Crippen molar-refractivity contribution in [1.29, 1.82) is 0 Å². The Morgan fingerprint density at radius 1 is 0.365 bits per heavy atom. The summed E-state index contributed by atoms with van der Waals surface area (Å²) in [5, 5.41) is 0. The second-order valence-electron chi connectivity index (χ2n) is 27.0. The Balaban J connectivity index is 1.30. The highest BCUT2D eigenvalue weighted by Crippen LogP contribution is 2.53. The normalized spacial score (nSPS) is 15.8. The van der Waals surface area contributed by atoms with Crippen LogP contribution < -0.4 is 26.2 Å². The van der Waals surface area contributed by atoms with E-state index in [-0.39, 0.29) is 39.2 Å². The van der Waals surface area contributed by atoms with Gasteiger partial charge in [0.15, 0.2) is 0 Å². The smallest absolute Gasteiger partial charge is 0.252 e. The summed E-state index contributed by atoms with van der Waals surface area (Å²) in [5.41, 5.74) is 25.5. The fraction of sp³-hybridized carbons (Fsp3) is 0.324.